The minimum Gasteiger partial charge on any atom is -0.317 e. The summed E-state index contributed by atoms with van der Waals surface area (Å²) in [4.78, 5) is 39.1. The number of rotatable bonds is 5. The molecule has 7 heteroatoms. The van der Waals surface area contributed by atoms with Gasteiger partial charge in [0.05, 0.1) is 5.69 Å². The fourth-order valence-electron chi connectivity index (χ4n) is 5.89. The number of amides is 3. The Bertz CT molecular complexity index is 1330. The zero-order valence-corrected chi connectivity index (χ0v) is 20.9. The highest BCUT2D eigenvalue weighted by molar-refractivity contribution is 6.27. The minimum atomic E-state index is -0.658. The lowest BCUT2D eigenvalue weighted by Gasteiger charge is -2.30. The van der Waals surface area contributed by atoms with Crippen LogP contribution in [0.5, 0.6) is 0 Å². The zero-order chi connectivity index (χ0) is 23.9. The second-order valence-corrected chi connectivity index (χ2v) is 10.0. The Hall–Kier alpha value is -3.22. The molecule has 0 aromatic heterocycles. The molecule has 186 valence electrons. The van der Waals surface area contributed by atoms with E-state index in [-0.39, 0.29) is 30.6 Å². The summed E-state index contributed by atoms with van der Waals surface area (Å²) in [6.07, 6.45) is 5.00. The highest BCUT2D eigenvalue weighted by Crippen LogP contribution is 2.41. The maximum absolute atomic E-state index is 13.3. The lowest BCUT2D eigenvalue weighted by Crippen LogP contribution is -2.53. The molecule has 3 aliphatic rings. The number of hydrogen-bond acceptors (Lipinski definition) is 4. The molecule has 1 atom stereocenters. The Morgan fingerprint density at radius 1 is 0.861 bits per heavy atom. The van der Waals surface area contributed by atoms with E-state index in [1.165, 1.54) is 24.0 Å². The van der Waals surface area contributed by atoms with E-state index in [0.29, 0.717) is 12.0 Å². The van der Waals surface area contributed by atoms with Crippen LogP contribution in [-0.2, 0) is 22.4 Å². The molecule has 2 saturated heterocycles. The van der Waals surface area contributed by atoms with Crippen molar-refractivity contribution in [2.24, 2.45) is 5.92 Å². The molecule has 0 bridgehead atoms. The maximum Gasteiger partial charge on any atom is 0.259 e. The summed E-state index contributed by atoms with van der Waals surface area (Å²) in [5.74, 6) is -0.0788. The third-order valence-electron chi connectivity index (χ3n) is 7.74. The first-order chi connectivity index (χ1) is 17.1. The number of halogens is 1. The van der Waals surface area contributed by atoms with Gasteiger partial charge in [0, 0.05) is 17.4 Å². The first-order valence-corrected chi connectivity index (χ1v) is 12.6. The van der Waals surface area contributed by atoms with Crippen LogP contribution in [0.2, 0.25) is 0 Å². The average Bonchev–Trinajstić information content (AvgIpc) is 3.15. The average molecular weight is 504 g/mol. The first kappa shape index (κ1) is 24.5. The lowest BCUT2D eigenvalue weighted by atomic mass is 9.90. The number of benzene rings is 3. The van der Waals surface area contributed by atoms with Gasteiger partial charge in [-0.25, -0.2) is 0 Å². The van der Waals surface area contributed by atoms with Crippen molar-refractivity contribution in [2.75, 3.05) is 18.0 Å². The summed E-state index contributed by atoms with van der Waals surface area (Å²) < 4.78 is 0. The smallest absolute Gasteiger partial charge is 0.259 e. The number of imide groups is 1. The van der Waals surface area contributed by atoms with E-state index in [9.17, 15) is 14.4 Å². The number of carbonyl (C=O) groups is 3. The summed E-state index contributed by atoms with van der Waals surface area (Å²) in [5.41, 5.74) is 5.19. The molecule has 1 unspecified atom stereocenters. The van der Waals surface area contributed by atoms with Crippen molar-refractivity contribution in [3.8, 4) is 0 Å². The van der Waals surface area contributed by atoms with E-state index in [1.54, 1.807) is 4.90 Å². The molecule has 36 heavy (non-hydrogen) atoms. The van der Waals surface area contributed by atoms with Gasteiger partial charge in [0.1, 0.15) is 6.04 Å². The summed E-state index contributed by atoms with van der Waals surface area (Å²) >= 11 is 0. The monoisotopic (exact) mass is 503 g/mol. The highest BCUT2D eigenvalue weighted by atomic mass is 35.5. The molecular weight excluding hydrogens is 474 g/mol. The van der Waals surface area contributed by atoms with Crippen LogP contribution >= 0.6 is 12.4 Å². The summed E-state index contributed by atoms with van der Waals surface area (Å²) in [7, 11) is 0. The topological polar surface area (TPSA) is 78.5 Å². The SMILES string of the molecule is Cl.O=C1CCC(N2C(=O)c3cccc4c(Cc5ccc(CC6CCNCC6)cc5)ccc2c34)C(=O)N1. The highest BCUT2D eigenvalue weighted by Gasteiger charge is 2.40. The molecule has 0 spiro atoms. The van der Waals surface area contributed by atoms with E-state index in [0.717, 1.165) is 53.9 Å². The van der Waals surface area contributed by atoms with Crippen LogP contribution in [-0.4, -0.2) is 36.9 Å². The van der Waals surface area contributed by atoms with Crippen LogP contribution in [0.15, 0.2) is 54.6 Å². The largest absolute Gasteiger partial charge is 0.317 e. The van der Waals surface area contributed by atoms with Gasteiger partial charge in [-0.3, -0.25) is 24.6 Å². The molecule has 3 aromatic rings. The predicted molar refractivity (Wildman–Crippen MR) is 143 cm³/mol. The molecule has 6 rings (SSSR count). The number of nitrogens with zero attached hydrogens (tertiary/aromatic N) is 1. The van der Waals surface area contributed by atoms with Crippen molar-refractivity contribution < 1.29 is 14.4 Å². The molecule has 3 aliphatic heterocycles. The molecule has 3 heterocycles. The van der Waals surface area contributed by atoms with Gasteiger partial charge in [-0.1, -0.05) is 42.5 Å². The Morgan fingerprint density at radius 2 is 1.61 bits per heavy atom. The summed E-state index contributed by atoms with van der Waals surface area (Å²) in [6, 6.07) is 18.1. The van der Waals surface area contributed by atoms with Gasteiger partial charge in [-0.2, -0.15) is 0 Å². The Labute approximate surface area is 216 Å². The van der Waals surface area contributed by atoms with Gasteiger partial charge in [0.25, 0.3) is 5.91 Å². The molecular formula is C29H30ClN3O3. The van der Waals surface area contributed by atoms with Crippen LogP contribution in [0.1, 0.15) is 52.7 Å². The van der Waals surface area contributed by atoms with Crippen LogP contribution in [0.3, 0.4) is 0 Å². The molecule has 6 nitrogen and oxygen atoms in total. The van der Waals surface area contributed by atoms with Crippen molar-refractivity contribution in [2.45, 2.75) is 44.6 Å². The minimum absolute atomic E-state index is 0. The zero-order valence-electron chi connectivity index (χ0n) is 20.1. The van der Waals surface area contributed by atoms with Gasteiger partial charge in [0.2, 0.25) is 11.8 Å². The summed E-state index contributed by atoms with van der Waals surface area (Å²) in [5, 5.41) is 7.77. The summed E-state index contributed by atoms with van der Waals surface area (Å²) in [6.45, 7) is 2.24. The number of nitrogens with one attached hydrogen (secondary N) is 2. The molecule has 2 N–H and O–H groups in total. The second kappa shape index (κ2) is 10.0. The van der Waals surface area contributed by atoms with Crippen molar-refractivity contribution in [3.05, 3.63) is 76.9 Å². The van der Waals surface area contributed by atoms with Crippen LogP contribution < -0.4 is 15.5 Å². The van der Waals surface area contributed by atoms with E-state index in [4.69, 9.17) is 0 Å². The van der Waals surface area contributed by atoms with Crippen molar-refractivity contribution in [3.63, 3.8) is 0 Å². The van der Waals surface area contributed by atoms with Crippen LogP contribution in [0, 0.1) is 5.92 Å². The molecule has 2 fully saturated rings. The lowest BCUT2D eigenvalue weighted by molar-refractivity contribution is -0.134. The standard InChI is InChI=1S/C29H29N3O3.ClH/c33-26-11-10-25(28(34)31-26)32-24-9-8-21(22-2-1-3-23(27(22)24)29(32)35)17-19-6-4-18(5-7-19)16-20-12-14-30-15-13-20;/h1-9,20,25,30H,10-17H2,(H,31,33,34);1H. The molecule has 0 aliphatic carbocycles. The normalized spacial score (nSPS) is 19.9. The Morgan fingerprint density at radius 3 is 2.36 bits per heavy atom. The van der Waals surface area contributed by atoms with E-state index in [1.807, 2.05) is 18.2 Å². The van der Waals surface area contributed by atoms with E-state index in [2.05, 4.69) is 47.0 Å². The van der Waals surface area contributed by atoms with E-state index < -0.39 is 11.9 Å². The van der Waals surface area contributed by atoms with Gasteiger partial charge in [0.15, 0.2) is 0 Å². The fraction of sp³-hybridized carbons (Fsp3) is 0.345. The fourth-order valence-corrected chi connectivity index (χ4v) is 5.89. The number of anilines is 1. The number of piperidine rings is 2. The number of carbonyl (C=O) groups excluding carboxylic acids is 3. The van der Waals surface area contributed by atoms with Crippen molar-refractivity contribution in [1.29, 1.82) is 0 Å². The van der Waals surface area contributed by atoms with Gasteiger partial charge in [-0.15, -0.1) is 12.4 Å². The van der Waals surface area contributed by atoms with E-state index >= 15 is 0 Å². The van der Waals surface area contributed by atoms with Crippen molar-refractivity contribution in [1.82, 2.24) is 10.6 Å². The number of hydrogen-bond donors (Lipinski definition) is 2. The third kappa shape index (κ3) is 4.40. The second-order valence-electron chi connectivity index (χ2n) is 10.0. The van der Waals surface area contributed by atoms with Crippen LogP contribution in [0.4, 0.5) is 5.69 Å². The third-order valence-corrected chi connectivity index (χ3v) is 7.74. The Balaban J connectivity index is 0.00000267. The van der Waals surface area contributed by atoms with Crippen molar-refractivity contribution >= 4 is 46.6 Å². The molecule has 3 aromatic carbocycles. The quantitative estimate of drug-likeness (QED) is 0.512. The van der Waals surface area contributed by atoms with Gasteiger partial charge >= 0.3 is 0 Å². The molecule has 3 amide bonds. The molecule has 0 radical (unpaired) electrons. The Kier molecular flexibility index (Phi) is 6.82. The molecule has 0 saturated carbocycles. The van der Waals surface area contributed by atoms with Gasteiger partial charge in [-0.05, 0) is 85.3 Å². The maximum atomic E-state index is 13.3. The van der Waals surface area contributed by atoms with Gasteiger partial charge < -0.3 is 5.32 Å². The predicted octanol–water partition coefficient (Wildman–Crippen LogP) is 4.16. The first-order valence-electron chi connectivity index (χ1n) is 12.6. The van der Waals surface area contributed by atoms with Crippen LogP contribution in [0.25, 0.3) is 10.8 Å².